The minimum atomic E-state index is -4.20. The predicted molar refractivity (Wildman–Crippen MR) is 146 cm³/mol. The van der Waals surface area contributed by atoms with Crippen molar-refractivity contribution in [3.8, 4) is 17.3 Å². The molecule has 2 heterocycles. The van der Waals surface area contributed by atoms with Crippen molar-refractivity contribution in [1.29, 1.82) is 0 Å². The highest BCUT2D eigenvalue weighted by atomic mass is 32.2. The molecule has 11 nitrogen and oxygen atoms in total. The molecule has 0 aliphatic heterocycles. The fraction of sp³-hybridized carbons (Fsp3) is 0.192. The number of amides is 1. The third-order valence-corrected chi connectivity index (χ3v) is 7.93. The molecular weight excluding hydrogens is 563 g/mol. The average Bonchev–Trinajstić information content (AvgIpc) is 3.56. The van der Waals surface area contributed by atoms with Gasteiger partial charge in [-0.25, -0.2) is 22.3 Å². The zero-order valence-corrected chi connectivity index (χ0v) is 23.0. The first kappa shape index (κ1) is 28.9. The lowest BCUT2D eigenvalue weighted by atomic mass is 10.2. The van der Waals surface area contributed by atoms with Crippen LogP contribution in [0.5, 0.6) is 11.6 Å². The maximum Gasteiger partial charge on any atom is 0.356 e. The number of thiophene rings is 1. The van der Waals surface area contributed by atoms with Gasteiger partial charge in [0, 0.05) is 31.5 Å². The second-order valence-electron chi connectivity index (χ2n) is 8.41. The van der Waals surface area contributed by atoms with Gasteiger partial charge in [-0.2, -0.15) is 9.78 Å². The molecule has 0 bridgehead atoms. The van der Waals surface area contributed by atoms with E-state index >= 15 is 0 Å². The number of anilines is 1. The molecule has 3 N–H and O–H groups in total. The Hall–Kier alpha value is -4.11. The Bertz CT molecular complexity index is 1640. The molecule has 14 heteroatoms. The van der Waals surface area contributed by atoms with Crippen molar-refractivity contribution < 1.29 is 37.0 Å². The van der Waals surface area contributed by atoms with Crippen LogP contribution in [0, 0.1) is 12.7 Å². The third-order valence-electron chi connectivity index (χ3n) is 5.58. The largest absolute Gasteiger partial charge is 0.476 e. The molecule has 2 aromatic carbocycles. The average molecular weight is 589 g/mol. The Kier molecular flexibility index (Phi) is 8.94. The van der Waals surface area contributed by atoms with Crippen LogP contribution in [0.3, 0.4) is 0 Å². The van der Waals surface area contributed by atoms with Crippen LogP contribution in [0.15, 0.2) is 64.9 Å². The lowest BCUT2D eigenvalue weighted by Crippen LogP contribution is -2.26. The van der Waals surface area contributed by atoms with Crippen molar-refractivity contribution in [2.75, 3.05) is 25.6 Å². The maximum absolute atomic E-state index is 14.0. The van der Waals surface area contributed by atoms with Crippen LogP contribution < -0.4 is 14.8 Å². The molecule has 4 rings (SSSR count). The third kappa shape index (κ3) is 6.54. The molecule has 0 aliphatic rings. The number of rotatable bonds is 12. The summed E-state index contributed by atoms with van der Waals surface area (Å²) in [6.07, 6.45) is 0.397. The standard InChI is InChI=1S/C26H25FN4O7S2/c1-16-23(26(33)34)30-31(19-7-3-6-17(27)14-19)25(16)38-20-10-9-18(29-24(32)21-8-4-13-39-21)15-22(20)40(35,36)28-11-5-12-37-2/h3-4,6-10,13-15,28H,5,11-12H2,1-2H3,(H,29,32)(H,33,34). The van der Waals surface area contributed by atoms with Gasteiger partial charge in [0.1, 0.15) is 16.5 Å². The zero-order valence-electron chi connectivity index (χ0n) is 21.4. The number of nitrogens with one attached hydrogen (secondary N) is 2. The number of aromatic carboxylic acids is 1. The number of ether oxygens (including phenoxy) is 2. The summed E-state index contributed by atoms with van der Waals surface area (Å²) in [6, 6.07) is 12.6. The van der Waals surface area contributed by atoms with E-state index in [1.54, 1.807) is 17.5 Å². The second-order valence-corrected chi connectivity index (χ2v) is 11.1. The van der Waals surface area contributed by atoms with Gasteiger partial charge in [-0.3, -0.25) is 4.79 Å². The van der Waals surface area contributed by atoms with Gasteiger partial charge in [0.15, 0.2) is 5.69 Å². The lowest BCUT2D eigenvalue weighted by molar-refractivity contribution is 0.0689. The molecule has 0 radical (unpaired) electrons. The van der Waals surface area contributed by atoms with Gasteiger partial charge in [0.25, 0.3) is 5.91 Å². The molecule has 0 unspecified atom stereocenters. The lowest BCUT2D eigenvalue weighted by Gasteiger charge is -2.16. The normalized spacial score (nSPS) is 11.4. The molecule has 40 heavy (non-hydrogen) atoms. The fourth-order valence-corrected chi connectivity index (χ4v) is 5.52. The van der Waals surface area contributed by atoms with Gasteiger partial charge < -0.3 is 19.9 Å². The van der Waals surface area contributed by atoms with Crippen molar-refractivity contribution in [1.82, 2.24) is 14.5 Å². The Morgan fingerprint density at radius 1 is 1.15 bits per heavy atom. The van der Waals surface area contributed by atoms with E-state index in [1.165, 1.54) is 61.8 Å². The summed E-state index contributed by atoms with van der Waals surface area (Å²) in [7, 11) is -2.70. The fourth-order valence-electron chi connectivity index (χ4n) is 3.67. The highest BCUT2D eigenvalue weighted by Crippen LogP contribution is 2.35. The Balaban J connectivity index is 1.78. The summed E-state index contributed by atoms with van der Waals surface area (Å²) < 4.78 is 55.2. The summed E-state index contributed by atoms with van der Waals surface area (Å²) in [4.78, 5) is 24.5. The number of hydrogen-bond acceptors (Lipinski definition) is 8. The molecule has 0 saturated carbocycles. The molecular formula is C26H25FN4O7S2. The summed E-state index contributed by atoms with van der Waals surface area (Å²) in [6.45, 7) is 1.83. The van der Waals surface area contributed by atoms with Crippen LogP contribution >= 0.6 is 11.3 Å². The van der Waals surface area contributed by atoms with Gasteiger partial charge >= 0.3 is 5.97 Å². The van der Waals surface area contributed by atoms with Gasteiger partial charge in [0.2, 0.25) is 15.9 Å². The molecule has 4 aromatic rings. The van der Waals surface area contributed by atoms with E-state index in [2.05, 4.69) is 15.1 Å². The van der Waals surface area contributed by atoms with Crippen molar-refractivity contribution in [3.63, 3.8) is 0 Å². The number of methoxy groups -OCH3 is 1. The molecule has 210 valence electrons. The Morgan fingerprint density at radius 2 is 1.95 bits per heavy atom. The number of carbonyl (C=O) groups excluding carboxylic acids is 1. The maximum atomic E-state index is 14.0. The van der Waals surface area contributed by atoms with Gasteiger partial charge in [-0.1, -0.05) is 12.1 Å². The van der Waals surface area contributed by atoms with Crippen LogP contribution in [-0.4, -0.2) is 55.4 Å². The number of carbonyl (C=O) groups is 2. The number of carboxylic acids is 1. The van der Waals surface area contributed by atoms with E-state index in [4.69, 9.17) is 9.47 Å². The molecule has 0 atom stereocenters. The topological polar surface area (TPSA) is 149 Å². The molecule has 2 aromatic heterocycles. The van der Waals surface area contributed by atoms with Gasteiger partial charge in [0.05, 0.1) is 10.6 Å². The number of hydrogen-bond donors (Lipinski definition) is 3. The van der Waals surface area contributed by atoms with E-state index in [0.717, 1.165) is 10.7 Å². The van der Waals surface area contributed by atoms with Crippen molar-refractivity contribution >= 4 is 38.9 Å². The first-order valence-electron chi connectivity index (χ1n) is 11.8. The van der Waals surface area contributed by atoms with Gasteiger partial charge in [-0.05, 0) is 61.2 Å². The summed E-state index contributed by atoms with van der Waals surface area (Å²) in [5.74, 6) is -2.68. The SMILES string of the molecule is COCCCNS(=O)(=O)c1cc(NC(=O)c2cccs2)ccc1Oc1c(C)c(C(=O)O)nn1-c1cccc(F)c1. The minimum absolute atomic E-state index is 0.0603. The highest BCUT2D eigenvalue weighted by Gasteiger charge is 2.26. The summed E-state index contributed by atoms with van der Waals surface area (Å²) in [5, 5.41) is 18.1. The van der Waals surface area contributed by atoms with Gasteiger partial charge in [-0.15, -0.1) is 11.3 Å². The smallest absolute Gasteiger partial charge is 0.356 e. The summed E-state index contributed by atoms with van der Waals surface area (Å²) in [5.41, 5.74) is 0.0709. The van der Waals surface area contributed by atoms with E-state index in [0.29, 0.717) is 17.9 Å². The van der Waals surface area contributed by atoms with Crippen LogP contribution in [-0.2, 0) is 14.8 Å². The molecule has 1 amide bonds. The number of halogens is 1. The van der Waals surface area contributed by atoms with Crippen molar-refractivity contribution in [3.05, 3.63) is 81.9 Å². The molecule has 0 aliphatic carbocycles. The molecule has 0 spiro atoms. The molecule has 0 fully saturated rings. The van der Waals surface area contributed by atoms with Crippen LogP contribution in [0.25, 0.3) is 5.69 Å². The van der Waals surface area contributed by atoms with Crippen molar-refractivity contribution in [2.45, 2.75) is 18.2 Å². The molecule has 0 saturated heterocycles. The predicted octanol–water partition coefficient (Wildman–Crippen LogP) is 4.44. The van der Waals surface area contributed by atoms with E-state index in [1.807, 2.05) is 0 Å². The summed E-state index contributed by atoms with van der Waals surface area (Å²) >= 11 is 1.22. The highest BCUT2D eigenvalue weighted by molar-refractivity contribution is 7.89. The number of sulfonamides is 1. The Morgan fingerprint density at radius 3 is 2.62 bits per heavy atom. The first-order valence-corrected chi connectivity index (χ1v) is 14.2. The van der Waals surface area contributed by atoms with Crippen LogP contribution in [0.2, 0.25) is 0 Å². The van der Waals surface area contributed by atoms with E-state index in [9.17, 15) is 27.5 Å². The number of benzene rings is 2. The van der Waals surface area contributed by atoms with E-state index < -0.39 is 27.7 Å². The first-order chi connectivity index (χ1) is 19.1. The van der Waals surface area contributed by atoms with Crippen LogP contribution in [0.4, 0.5) is 10.1 Å². The second kappa shape index (κ2) is 12.4. The minimum Gasteiger partial charge on any atom is -0.476 e. The van der Waals surface area contributed by atoms with Crippen molar-refractivity contribution in [2.24, 2.45) is 0 Å². The zero-order chi connectivity index (χ0) is 28.9. The monoisotopic (exact) mass is 588 g/mol. The van der Waals surface area contributed by atoms with Crippen LogP contribution in [0.1, 0.15) is 32.1 Å². The quantitative estimate of drug-likeness (QED) is 0.206. The Labute approximate surface area is 233 Å². The number of aromatic nitrogens is 2. The van der Waals surface area contributed by atoms with E-state index in [-0.39, 0.29) is 45.7 Å². The number of carboxylic acid groups (broad SMARTS) is 1. The number of nitrogens with zero attached hydrogens (tertiary/aromatic N) is 2.